The van der Waals surface area contributed by atoms with Gasteiger partial charge in [-0.25, -0.2) is 0 Å². The van der Waals surface area contributed by atoms with Crippen LogP contribution in [0.15, 0.2) is 209 Å². The summed E-state index contributed by atoms with van der Waals surface area (Å²) in [7, 11) is 13.4. The molecule has 129 heavy (non-hydrogen) atoms. The van der Waals surface area contributed by atoms with Crippen molar-refractivity contribution in [3.63, 3.8) is 0 Å². The van der Waals surface area contributed by atoms with Crippen molar-refractivity contribution in [1.82, 2.24) is 23.5 Å². The molecule has 0 aliphatic heterocycles. The lowest BCUT2D eigenvalue weighted by atomic mass is 9.83. The van der Waals surface area contributed by atoms with E-state index < -0.39 is 16.7 Å². The van der Waals surface area contributed by atoms with Crippen LogP contribution < -0.4 is 21.4 Å². The van der Waals surface area contributed by atoms with Gasteiger partial charge >= 0.3 is 0 Å². The highest BCUT2D eigenvalue weighted by atomic mass is 16.5. The van der Waals surface area contributed by atoms with Crippen LogP contribution in [0.2, 0.25) is 0 Å². The Bertz CT molecular complexity index is 4590. The second-order valence-electron chi connectivity index (χ2n) is 29.8. The molecule has 0 bridgehead atoms. The Balaban J connectivity index is 0.000000771. The van der Waals surface area contributed by atoms with Crippen molar-refractivity contribution >= 4 is 75.2 Å². The molecule has 700 valence electrons. The molecule has 0 radical (unpaired) electrons. The number of aromatic nitrogens is 3. The summed E-state index contributed by atoms with van der Waals surface area (Å²) in [6.07, 6.45) is 6.81. The molecule has 8 rings (SSSR count). The Kier molecular flexibility index (Phi) is 58.6. The van der Waals surface area contributed by atoms with E-state index in [1.807, 2.05) is 43.1 Å². The predicted molar refractivity (Wildman–Crippen MR) is 489 cm³/mol. The normalized spacial score (nSPS) is 10.4. The van der Waals surface area contributed by atoms with Crippen molar-refractivity contribution in [3.05, 3.63) is 259 Å². The minimum atomic E-state index is -0.467. The van der Waals surface area contributed by atoms with Gasteiger partial charge in [0.2, 0.25) is 0 Å². The highest BCUT2D eigenvalue weighted by Gasteiger charge is 2.30. The van der Waals surface area contributed by atoms with Gasteiger partial charge in [-0.3, -0.25) is 81.6 Å². The van der Waals surface area contributed by atoms with E-state index in [4.69, 9.17) is 33.2 Å². The first-order valence-electron chi connectivity index (χ1n) is 41.5. The van der Waals surface area contributed by atoms with Gasteiger partial charge in [-0.05, 0) is 116 Å². The average molecular weight is 1790 g/mol. The summed E-state index contributed by atoms with van der Waals surface area (Å²) in [5.74, 6) is -2.54. The van der Waals surface area contributed by atoms with Gasteiger partial charge in [-0.2, -0.15) is 0 Å². The van der Waals surface area contributed by atoms with Crippen molar-refractivity contribution in [2.45, 2.75) is 126 Å². The van der Waals surface area contributed by atoms with E-state index in [0.717, 1.165) is 26.1 Å². The van der Waals surface area contributed by atoms with Crippen LogP contribution in [0.5, 0.6) is 23.0 Å². The van der Waals surface area contributed by atoms with Gasteiger partial charge in [0.05, 0.1) is 78.0 Å². The number of likely N-dealkylation sites (N-methyl/N-ethyl adjacent to an activating group) is 1. The number of hydrogen-bond donors (Lipinski definition) is 3. The Morgan fingerprint density at radius 2 is 0.628 bits per heavy atom. The van der Waals surface area contributed by atoms with Crippen molar-refractivity contribution in [1.29, 1.82) is 0 Å². The second kappa shape index (κ2) is 66.0. The molecule has 0 saturated heterocycles. The van der Waals surface area contributed by atoms with Crippen LogP contribution in [0.4, 0.5) is 0 Å². The molecule has 3 heterocycles. The second-order valence-corrected chi connectivity index (χ2v) is 29.8. The summed E-state index contributed by atoms with van der Waals surface area (Å²) >= 11 is 0. The Hall–Kier alpha value is -12.5. The van der Waals surface area contributed by atoms with Crippen LogP contribution in [0.1, 0.15) is 168 Å². The van der Waals surface area contributed by atoms with Gasteiger partial charge in [0, 0.05) is 172 Å². The van der Waals surface area contributed by atoms with Crippen molar-refractivity contribution in [2.24, 2.45) is 11.3 Å². The monoisotopic (exact) mass is 1790 g/mol. The summed E-state index contributed by atoms with van der Waals surface area (Å²) in [4.78, 5) is 185. The fourth-order valence-corrected chi connectivity index (χ4v) is 11.8. The molecule has 0 saturated carbocycles. The van der Waals surface area contributed by atoms with Crippen LogP contribution >= 0.6 is 0 Å². The third-order valence-electron chi connectivity index (χ3n) is 18.6. The van der Waals surface area contributed by atoms with E-state index >= 15 is 0 Å². The van der Waals surface area contributed by atoms with E-state index in [2.05, 4.69) is 4.90 Å². The third kappa shape index (κ3) is 49.5. The molecule has 31 nitrogen and oxygen atoms in total. The molecule has 0 amide bonds. The number of hydrogen-bond acceptors (Lipinski definition) is 28. The first-order valence-corrected chi connectivity index (χ1v) is 41.5. The Morgan fingerprint density at radius 3 is 0.876 bits per heavy atom. The van der Waals surface area contributed by atoms with Crippen molar-refractivity contribution < 1.29 is 111 Å². The van der Waals surface area contributed by atoms with Crippen LogP contribution in [-0.2, 0) is 81.6 Å². The van der Waals surface area contributed by atoms with Crippen LogP contribution in [0.3, 0.4) is 0 Å². The number of ether oxygens (including phenoxy) is 7. The van der Waals surface area contributed by atoms with E-state index in [1.165, 1.54) is 98.8 Å². The minimum absolute atomic E-state index is 0.00398. The van der Waals surface area contributed by atoms with Crippen molar-refractivity contribution in [2.75, 3.05) is 129 Å². The molecule has 0 aliphatic rings. The van der Waals surface area contributed by atoms with E-state index in [9.17, 15) is 92.0 Å². The molecule has 0 unspecified atom stereocenters. The maximum Gasteiger partial charge on any atom is 0.292 e. The number of pyridine rings is 3. The molecule has 8 aromatic rings. The van der Waals surface area contributed by atoms with Crippen LogP contribution in [-0.4, -0.2) is 243 Å². The largest absolute Gasteiger partial charge is 0.503 e. The molecule has 0 spiro atoms. The number of rotatable bonds is 47. The number of aromatic hydroxyl groups is 3. The summed E-state index contributed by atoms with van der Waals surface area (Å²) in [5, 5.41) is 29.0. The highest BCUT2D eigenvalue weighted by Crippen LogP contribution is 2.28. The number of benzene rings is 5. The topological polar surface area (TPSA) is 420 Å². The van der Waals surface area contributed by atoms with E-state index in [1.54, 1.807) is 177 Å². The smallest absolute Gasteiger partial charge is 0.292 e. The van der Waals surface area contributed by atoms with E-state index in [-0.39, 0.29) is 153 Å². The lowest BCUT2D eigenvalue weighted by Crippen LogP contribution is -2.40. The molecule has 3 aromatic heterocycles. The summed E-state index contributed by atoms with van der Waals surface area (Å²) < 4.78 is 39.9. The molecule has 0 aliphatic carbocycles. The van der Waals surface area contributed by atoms with E-state index in [0.29, 0.717) is 113 Å². The zero-order valence-electron chi connectivity index (χ0n) is 76.8. The third-order valence-corrected chi connectivity index (χ3v) is 18.6. The molecular weight excluding hydrogens is 1660 g/mol. The number of ketones is 13. The highest BCUT2D eigenvalue weighted by molar-refractivity contribution is 6.12. The molecule has 0 atom stereocenters. The number of Topliss-reactive ketones (excluding diaryl/α,β-unsaturated/α-hetero) is 13. The first-order chi connectivity index (χ1) is 61.4. The number of carbonyl (C=O) groups excluding carboxylic acids is 13. The van der Waals surface area contributed by atoms with Gasteiger partial charge in [0.15, 0.2) is 51.9 Å². The molecule has 3 N–H and O–H groups in total. The zero-order chi connectivity index (χ0) is 96.8. The standard InChI is InChI=1S/C24H31N5O6.C15H16O5.C11H24O4.4C10H10O2.C8H16O3/c1-25(12-16-27-8-2-5-19(30)22(27)33)11-13-26(14-17-28-9-3-6-20(31)23(28)34)15-18-29-10-4-7-21(32)24(29)35;1-9(16)4-14(18)11-6-12(8-13(7-11)20-3)15(19)5-10(2)17;1-12-7-5-11(9-14-3,10-15-4)6-8-13-2;4*1-8(11)7-10(12)9-5-3-2-4-6-9;1-4-8(9)7(5-10-2)6-11-3/h2-10,30-32H,11-18H2,1H3;6-8H,4-5H2,1-3H3;5-10H2,1-4H3;4*2-6H,7H2,1H3;7H,4-6H2,1-3H3. The van der Waals surface area contributed by atoms with Crippen LogP contribution in [0, 0.1) is 11.3 Å². The molecule has 31 heteroatoms. The Morgan fingerprint density at radius 1 is 0.349 bits per heavy atom. The lowest BCUT2D eigenvalue weighted by Gasteiger charge is -2.32. The maximum absolute atomic E-state index is 12.1. The zero-order valence-corrected chi connectivity index (χ0v) is 76.8. The van der Waals surface area contributed by atoms with Crippen LogP contribution in [0.25, 0.3) is 0 Å². The number of nitrogens with zero attached hydrogens (tertiary/aromatic N) is 5. The Labute approximate surface area is 754 Å². The van der Waals surface area contributed by atoms with Gasteiger partial charge in [0.1, 0.15) is 46.2 Å². The SMILES string of the molecule is CC(=O)CC(=O)c1ccccc1.CC(=O)CC(=O)c1ccccc1.CC(=O)CC(=O)c1ccccc1.CC(=O)CC(=O)c1ccccc1.CCC(=O)C(COC)COC.CN(CCN(CCn1cccc(O)c1=O)CCn1cccc(O)c1=O)CCn1cccc(O)c1=O.COCCC(CCOC)(COC)COC.COc1cc(C(=O)CC(C)=O)cc(C(=O)CC(C)=O)c1. The van der Waals surface area contributed by atoms with Crippen molar-refractivity contribution in [3.8, 4) is 23.0 Å². The minimum Gasteiger partial charge on any atom is -0.503 e. The fraction of sp³-hybridized carbons (Fsp3) is 0.408. The lowest BCUT2D eigenvalue weighted by molar-refractivity contribution is -0.126. The first kappa shape index (κ1) is 115. The van der Waals surface area contributed by atoms with Gasteiger partial charge in [-0.1, -0.05) is 128 Å². The number of methoxy groups -OCH3 is 7. The predicted octanol–water partition coefficient (Wildman–Crippen LogP) is 11.5. The maximum atomic E-state index is 12.1. The molecule has 5 aromatic carbocycles. The molecule has 0 fully saturated rings. The summed E-state index contributed by atoms with van der Waals surface area (Å²) in [6, 6.07) is 48.5. The van der Waals surface area contributed by atoms with Gasteiger partial charge < -0.3 is 67.1 Å². The quantitative estimate of drug-likeness (QED) is 0.0235. The molecular formula is C98H127N5O26. The number of carbonyl (C=O) groups is 13. The average Bonchev–Trinajstić information content (AvgIpc) is 0.841. The van der Waals surface area contributed by atoms with Gasteiger partial charge in [0.25, 0.3) is 16.7 Å². The summed E-state index contributed by atoms with van der Waals surface area (Å²) in [6.45, 7) is 17.8. The van der Waals surface area contributed by atoms with Gasteiger partial charge in [-0.15, -0.1) is 0 Å². The fourth-order valence-electron chi connectivity index (χ4n) is 11.8. The summed E-state index contributed by atoms with van der Waals surface area (Å²) in [5.41, 5.74) is 1.51.